The van der Waals surface area contributed by atoms with E-state index in [1.807, 2.05) is 12.3 Å². The van der Waals surface area contributed by atoms with E-state index in [0.717, 1.165) is 16.4 Å². The van der Waals surface area contributed by atoms with E-state index in [4.69, 9.17) is 0 Å². The molecule has 2 rings (SSSR count). The molecule has 0 radical (unpaired) electrons. The number of hydrazone groups is 1. The molecule has 6 heteroatoms. The lowest BCUT2D eigenvalue weighted by Crippen LogP contribution is -2.21. The van der Waals surface area contributed by atoms with Crippen molar-refractivity contribution in [2.75, 3.05) is 5.43 Å². The Kier molecular flexibility index (Phi) is 3.69. The maximum Gasteiger partial charge on any atom is 0.203 e. The average molecular weight is 260 g/mol. The van der Waals surface area contributed by atoms with Crippen molar-refractivity contribution in [3.63, 3.8) is 0 Å². The molecule has 0 aliphatic rings. The number of rotatable bonds is 4. The van der Waals surface area contributed by atoms with Gasteiger partial charge in [0.05, 0.1) is 17.9 Å². The second-order valence-corrected chi connectivity index (χ2v) is 4.43. The lowest BCUT2D eigenvalue weighted by atomic mass is 10.1. The summed E-state index contributed by atoms with van der Waals surface area (Å²) < 4.78 is 0. The maximum absolute atomic E-state index is 10.5. The minimum absolute atomic E-state index is 0.149. The third kappa shape index (κ3) is 3.14. The summed E-state index contributed by atoms with van der Waals surface area (Å²) in [7, 11) is 0. The summed E-state index contributed by atoms with van der Waals surface area (Å²) >= 11 is 1.47. The molecular formula is C12H10N3O2S-. The first-order valence-electron chi connectivity index (χ1n) is 5.18. The van der Waals surface area contributed by atoms with E-state index in [2.05, 4.69) is 15.5 Å². The average Bonchev–Trinajstić information content (AvgIpc) is 2.76. The van der Waals surface area contributed by atoms with Crippen molar-refractivity contribution < 1.29 is 9.90 Å². The molecule has 0 bridgehead atoms. The van der Waals surface area contributed by atoms with E-state index in [0.29, 0.717) is 0 Å². The molecule has 0 atom stereocenters. The quantitative estimate of drug-likeness (QED) is 0.663. The van der Waals surface area contributed by atoms with Crippen molar-refractivity contribution >= 4 is 28.7 Å². The number of carbonyl (C=O) groups is 1. The van der Waals surface area contributed by atoms with Crippen LogP contribution in [-0.2, 0) is 0 Å². The van der Waals surface area contributed by atoms with Crippen LogP contribution < -0.4 is 10.5 Å². The molecule has 0 unspecified atom stereocenters. The van der Waals surface area contributed by atoms with Crippen LogP contribution in [0.2, 0.25) is 0 Å². The second-order valence-electron chi connectivity index (χ2n) is 3.57. The molecule has 0 saturated carbocycles. The number of hydrogen-bond donors (Lipinski definition) is 1. The molecule has 0 saturated heterocycles. The van der Waals surface area contributed by atoms with Crippen molar-refractivity contribution in [1.29, 1.82) is 0 Å². The van der Waals surface area contributed by atoms with Crippen LogP contribution in [-0.4, -0.2) is 17.2 Å². The number of nitrogens with one attached hydrogen (secondary N) is 1. The summed E-state index contributed by atoms with van der Waals surface area (Å²) in [6, 6.07) is 6.27. The predicted octanol–water partition coefficient (Wildman–Crippen LogP) is 1.26. The van der Waals surface area contributed by atoms with Crippen LogP contribution in [0.1, 0.15) is 21.6 Å². The Labute approximate surface area is 108 Å². The highest BCUT2D eigenvalue weighted by molar-refractivity contribution is 7.13. The Morgan fingerprint density at radius 1 is 1.44 bits per heavy atom. The first kappa shape index (κ1) is 12.3. The molecule has 1 aromatic heterocycles. The largest absolute Gasteiger partial charge is 0.545 e. The molecule has 18 heavy (non-hydrogen) atoms. The molecule has 0 aliphatic heterocycles. The maximum atomic E-state index is 10.5. The van der Waals surface area contributed by atoms with Crippen molar-refractivity contribution in [2.45, 2.75) is 6.92 Å². The number of carboxylic acids is 1. The highest BCUT2D eigenvalue weighted by atomic mass is 32.1. The summed E-state index contributed by atoms with van der Waals surface area (Å²) in [5.74, 6) is -1.19. The van der Waals surface area contributed by atoms with Crippen LogP contribution in [0.15, 0.2) is 34.7 Å². The fourth-order valence-electron chi connectivity index (χ4n) is 1.27. The number of benzene rings is 1. The Balaban J connectivity index is 1.98. The van der Waals surface area contributed by atoms with E-state index in [-0.39, 0.29) is 5.56 Å². The minimum atomic E-state index is -1.19. The van der Waals surface area contributed by atoms with Gasteiger partial charge in [-0.1, -0.05) is 24.3 Å². The highest BCUT2D eigenvalue weighted by Crippen LogP contribution is 2.13. The van der Waals surface area contributed by atoms with E-state index < -0.39 is 5.97 Å². The van der Waals surface area contributed by atoms with Gasteiger partial charge in [-0.25, -0.2) is 4.98 Å². The van der Waals surface area contributed by atoms with Crippen LogP contribution in [0, 0.1) is 6.92 Å². The number of thiazole rings is 1. The second kappa shape index (κ2) is 5.42. The lowest BCUT2D eigenvalue weighted by molar-refractivity contribution is -0.255. The van der Waals surface area contributed by atoms with Crippen LogP contribution in [0.25, 0.3) is 0 Å². The summed E-state index contributed by atoms with van der Waals surface area (Å²) in [5.41, 5.74) is 4.68. The highest BCUT2D eigenvalue weighted by Gasteiger charge is 1.95. The molecule has 0 fully saturated rings. The van der Waals surface area contributed by atoms with Gasteiger partial charge in [-0.3, -0.25) is 5.43 Å². The summed E-state index contributed by atoms with van der Waals surface area (Å²) in [5, 5.41) is 17.2. The van der Waals surface area contributed by atoms with E-state index in [1.54, 1.807) is 18.3 Å². The number of nitrogens with zero attached hydrogens (tertiary/aromatic N) is 2. The standard InChI is InChI=1S/C12H11N3O2S/c1-8-7-18-12(14-8)15-13-6-9-2-4-10(5-3-9)11(16)17/h2-7H,1H3,(H,14,15)(H,16,17)/p-1/b13-6-. The molecule has 0 spiro atoms. The van der Waals surface area contributed by atoms with Crippen LogP contribution in [0.4, 0.5) is 5.13 Å². The zero-order valence-corrected chi connectivity index (χ0v) is 10.4. The summed E-state index contributed by atoms with van der Waals surface area (Å²) in [4.78, 5) is 14.7. The number of aromatic nitrogens is 1. The Hall–Kier alpha value is -2.21. The number of carbonyl (C=O) groups excluding carboxylic acids is 1. The molecule has 1 N–H and O–H groups in total. The van der Waals surface area contributed by atoms with Gasteiger partial charge in [-0.15, -0.1) is 11.3 Å². The molecule has 2 aromatic rings. The van der Waals surface area contributed by atoms with Crippen LogP contribution in [0.3, 0.4) is 0 Å². The van der Waals surface area contributed by atoms with Gasteiger partial charge >= 0.3 is 0 Å². The number of carboxylic acid groups (broad SMARTS) is 1. The zero-order chi connectivity index (χ0) is 13.0. The van der Waals surface area contributed by atoms with Gasteiger partial charge in [0.15, 0.2) is 0 Å². The van der Waals surface area contributed by atoms with E-state index >= 15 is 0 Å². The Bertz CT molecular complexity index is 575. The van der Waals surface area contributed by atoms with Crippen LogP contribution in [0.5, 0.6) is 0 Å². The normalized spacial score (nSPS) is 10.7. The molecule has 1 heterocycles. The van der Waals surface area contributed by atoms with E-state index in [9.17, 15) is 9.90 Å². The smallest absolute Gasteiger partial charge is 0.203 e. The molecule has 1 aromatic carbocycles. The summed E-state index contributed by atoms with van der Waals surface area (Å²) in [6.45, 7) is 1.91. The number of aryl methyl sites for hydroxylation is 1. The fraction of sp³-hybridized carbons (Fsp3) is 0.0833. The van der Waals surface area contributed by atoms with E-state index in [1.165, 1.54) is 23.5 Å². The molecule has 5 nitrogen and oxygen atoms in total. The molecular weight excluding hydrogens is 250 g/mol. The van der Waals surface area contributed by atoms with Crippen LogP contribution >= 0.6 is 11.3 Å². The van der Waals surface area contributed by atoms with Crippen molar-refractivity contribution in [1.82, 2.24) is 4.98 Å². The van der Waals surface area contributed by atoms with Gasteiger partial charge in [0.1, 0.15) is 0 Å². The minimum Gasteiger partial charge on any atom is -0.545 e. The zero-order valence-electron chi connectivity index (χ0n) is 9.58. The first-order chi connectivity index (χ1) is 8.65. The Morgan fingerprint density at radius 2 is 2.17 bits per heavy atom. The van der Waals surface area contributed by atoms with Gasteiger partial charge in [-0.2, -0.15) is 5.10 Å². The fourth-order valence-corrected chi connectivity index (χ4v) is 1.91. The summed E-state index contributed by atoms with van der Waals surface area (Å²) in [6.07, 6.45) is 1.59. The lowest BCUT2D eigenvalue weighted by Gasteiger charge is -2.01. The molecule has 92 valence electrons. The third-order valence-corrected chi connectivity index (χ3v) is 3.00. The van der Waals surface area contributed by atoms with Gasteiger partial charge in [0.25, 0.3) is 0 Å². The van der Waals surface area contributed by atoms with Gasteiger partial charge in [0.2, 0.25) is 5.13 Å². The van der Waals surface area contributed by atoms with Crippen molar-refractivity contribution in [3.05, 3.63) is 46.5 Å². The predicted molar refractivity (Wildman–Crippen MR) is 68.8 cm³/mol. The topological polar surface area (TPSA) is 77.4 Å². The van der Waals surface area contributed by atoms with Gasteiger partial charge in [0, 0.05) is 5.38 Å². The monoisotopic (exact) mass is 260 g/mol. The SMILES string of the molecule is Cc1csc(N/N=C\c2ccc(C(=O)[O-])cc2)n1. The Morgan fingerprint density at radius 3 is 2.72 bits per heavy atom. The first-order valence-corrected chi connectivity index (χ1v) is 6.06. The molecule has 0 amide bonds. The third-order valence-electron chi connectivity index (χ3n) is 2.14. The van der Waals surface area contributed by atoms with Gasteiger partial charge in [-0.05, 0) is 18.1 Å². The van der Waals surface area contributed by atoms with Gasteiger partial charge < -0.3 is 9.90 Å². The van der Waals surface area contributed by atoms with Crippen molar-refractivity contribution in [2.24, 2.45) is 5.10 Å². The molecule has 0 aliphatic carbocycles. The number of aromatic carboxylic acids is 1. The number of hydrogen-bond acceptors (Lipinski definition) is 6. The number of anilines is 1. The van der Waals surface area contributed by atoms with Crippen molar-refractivity contribution in [3.8, 4) is 0 Å².